The molecule has 2 aliphatic rings. The van der Waals surface area contributed by atoms with Crippen LogP contribution in [-0.2, 0) is 0 Å². The molecule has 1 amide bonds. The number of carbonyl (C=O) groups excluding carboxylic acids is 1. The Labute approximate surface area is 137 Å². The number of piperidine rings is 1. The molecule has 2 aliphatic heterocycles. The van der Waals surface area contributed by atoms with Gasteiger partial charge in [-0.1, -0.05) is 0 Å². The van der Waals surface area contributed by atoms with E-state index in [1.807, 2.05) is 6.07 Å². The number of primary amides is 1. The fourth-order valence-electron chi connectivity index (χ4n) is 3.28. The van der Waals surface area contributed by atoms with Crippen LogP contribution in [0.15, 0.2) is 12.1 Å². The molecule has 2 saturated heterocycles. The number of anilines is 2. The quantitative estimate of drug-likeness (QED) is 0.734. The highest BCUT2D eigenvalue weighted by Gasteiger charge is 2.23. The van der Waals surface area contributed by atoms with Crippen molar-refractivity contribution < 1.29 is 4.79 Å². The second-order valence-corrected chi connectivity index (χ2v) is 6.65. The molecule has 0 aromatic carbocycles. The van der Waals surface area contributed by atoms with E-state index in [2.05, 4.69) is 27.1 Å². The standard InChI is InChI=1S/C16H26N6O/c1-21-7-5-12(6-8-21)19-16-13(15(18)23)2-3-14(20-16)22-9-4-11(17)10-22/h2-3,11-12H,4-10,17H2,1H3,(H2,18,23)(H,19,20). The largest absolute Gasteiger partial charge is 0.367 e. The topological polar surface area (TPSA) is 101 Å². The van der Waals surface area contributed by atoms with Crippen molar-refractivity contribution in [3.8, 4) is 0 Å². The van der Waals surface area contributed by atoms with Gasteiger partial charge in [-0.2, -0.15) is 0 Å². The predicted octanol–water partition coefficient (Wildman–Crippen LogP) is 0.224. The molecule has 126 valence electrons. The maximum Gasteiger partial charge on any atom is 0.252 e. The molecule has 1 unspecified atom stereocenters. The van der Waals surface area contributed by atoms with Crippen molar-refractivity contribution in [2.75, 3.05) is 43.4 Å². The Morgan fingerprint density at radius 2 is 2.00 bits per heavy atom. The van der Waals surface area contributed by atoms with E-state index in [1.165, 1.54) is 0 Å². The van der Waals surface area contributed by atoms with Crippen molar-refractivity contribution >= 4 is 17.5 Å². The van der Waals surface area contributed by atoms with Gasteiger partial charge in [0, 0.05) is 25.2 Å². The minimum Gasteiger partial charge on any atom is -0.367 e. The van der Waals surface area contributed by atoms with E-state index < -0.39 is 5.91 Å². The summed E-state index contributed by atoms with van der Waals surface area (Å²) in [5.74, 6) is 1.01. The third kappa shape index (κ3) is 3.73. The van der Waals surface area contributed by atoms with Crippen molar-refractivity contribution in [1.82, 2.24) is 9.88 Å². The Morgan fingerprint density at radius 1 is 1.26 bits per heavy atom. The van der Waals surface area contributed by atoms with Crippen LogP contribution in [0.2, 0.25) is 0 Å². The van der Waals surface area contributed by atoms with Crippen LogP contribution in [0, 0.1) is 0 Å². The molecule has 1 aromatic rings. The number of nitrogens with one attached hydrogen (secondary N) is 1. The number of pyridine rings is 1. The van der Waals surface area contributed by atoms with Crippen LogP contribution in [0.25, 0.3) is 0 Å². The number of rotatable bonds is 4. The Morgan fingerprint density at radius 3 is 2.61 bits per heavy atom. The van der Waals surface area contributed by atoms with Crippen molar-refractivity contribution in [3.05, 3.63) is 17.7 Å². The monoisotopic (exact) mass is 318 g/mol. The molecule has 1 aromatic heterocycles. The highest BCUT2D eigenvalue weighted by Crippen LogP contribution is 2.24. The normalized spacial score (nSPS) is 23.2. The summed E-state index contributed by atoms with van der Waals surface area (Å²) < 4.78 is 0. The first-order valence-electron chi connectivity index (χ1n) is 8.29. The molecule has 1 atom stereocenters. The lowest BCUT2D eigenvalue weighted by Crippen LogP contribution is -2.37. The van der Waals surface area contributed by atoms with Gasteiger partial charge in [0.2, 0.25) is 0 Å². The van der Waals surface area contributed by atoms with E-state index >= 15 is 0 Å². The van der Waals surface area contributed by atoms with Crippen LogP contribution < -0.4 is 21.7 Å². The third-order valence-electron chi connectivity index (χ3n) is 4.75. The van der Waals surface area contributed by atoms with Gasteiger partial charge in [0.25, 0.3) is 5.91 Å². The lowest BCUT2D eigenvalue weighted by molar-refractivity contribution is 0.100. The average Bonchev–Trinajstić information content (AvgIpc) is 2.96. The zero-order valence-corrected chi connectivity index (χ0v) is 13.7. The Balaban J connectivity index is 1.79. The van der Waals surface area contributed by atoms with E-state index in [9.17, 15) is 4.79 Å². The number of aromatic nitrogens is 1. The molecule has 7 heteroatoms. The molecular weight excluding hydrogens is 292 g/mol. The van der Waals surface area contributed by atoms with Crippen molar-refractivity contribution in [2.24, 2.45) is 11.5 Å². The summed E-state index contributed by atoms with van der Waals surface area (Å²) in [5, 5.41) is 3.43. The van der Waals surface area contributed by atoms with E-state index in [4.69, 9.17) is 11.5 Å². The van der Waals surface area contributed by atoms with Crippen LogP contribution >= 0.6 is 0 Å². The molecule has 0 bridgehead atoms. The molecule has 0 spiro atoms. The second kappa shape index (κ2) is 6.72. The van der Waals surface area contributed by atoms with Gasteiger partial charge < -0.3 is 26.6 Å². The zero-order chi connectivity index (χ0) is 16.4. The average molecular weight is 318 g/mol. The number of hydrogen-bond acceptors (Lipinski definition) is 6. The number of carbonyl (C=O) groups is 1. The highest BCUT2D eigenvalue weighted by atomic mass is 16.1. The van der Waals surface area contributed by atoms with Gasteiger partial charge in [0.1, 0.15) is 11.6 Å². The van der Waals surface area contributed by atoms with Crippen LogP contribution in [0.3, 0.4) is 0 Å². The third-order valence-corrected chi connectivity index (χ3v) is 4.75. The van der Waals surface area contributed by atoms with Gasteiger partial charge in [0.05, 0.1) is 5.56 Å². The van der Waals surface area contributed by atoms with Crippen LogP contribution in [0.4, 0.5) is 11.6 Å². The van der Waals surface area contributed by atoms with Crippen LogP contribution in [0.5, 0.6) is 0 Å². The summed E-state index contributed by atoms with van der Waals surface area (Å²) in [4.78, 5) is 20.8. The minimum absolute atomic E-state index is 0.193. The fourth-order valence-corrected chi connectivity index (χ4v) is 3.28. The Bertz CT molecular complexity index is 570. The molecule has 0 radical (unpaired) electrons. The summed E-state index contributed by atoms with van der Waals surface area (Å²) in [6, 6.07) is 4.15. The second-order valence-electron chi connectivity index (χ2n) is 6.65. The van der Waals surface area contributed by atoms with Gasteiger partial charge in [-0.3, -0.25) is 4.79 Å². The van der Waals surface area contributed by atoms with Crippen molar-refractivity contribution in [1.29, 1.82) is 0 Å². The maximum atomic E-state index is 11.7. The number of amides is 1. The Hall–Kier alpha value is -1.86. The summed E-state index contributed by atoms with van der Waals surface area (Å²) in [7, 11) is 2.13. The van der Waals surface area contributed by atoms with Gasteiger partial charge >= 0.3 is 0 Å². The van der Waals surface area contributed by atoms with E-state index in [0.29, 0.717) is 17.4 Å². The fraction of sp³-hybridized carbons (Fsp3) is 0.625. The Kier molecular flexibility index (Phi) is 4.68. The molecule has 3 rings (SSSR count). The van der Waals surface area contributed by atoms with E-state index in [-0.39, 0.29) is 6.04 Å². The molecule has 7 nitrogen and oxygen atoms in total. The molecule has 0 saturated carbocycles. The number of hydrogen-bond donors (Lipinski definition) is 3. The number of nitrogens with two attached hydrogens (primary N) is 2. The first kappa shape index (κ1) is 16.0. The van der Waals surface area contributed by atoms with Crippen molar-refractivity contribution in [2.45, 2.75) is 31.3 Å². The minimum atomic E-state index is -0.447. The summed E-state index contributed by atoms with van der Waals surface area (Å²) in [5.41, 5.74) is 11.9. The highest BCUT2D eigenvalue weighted by molar-refractivity contribution is 5.97. The molecule has 3 heterocycles. The maximum absolute atomic E-state index is 11.7. The van der Waals surface area contributed by atoms with Gasteiger partial charge in [0.15, 0.2) is 0 Å². The lowest BCUT2D eigenvalue weighted by Gasteiger charge is -2.30. The molecule has 0 aliphatic carbocycles. The van der Waals surface area contributed by atoms with Crippen LogP contribution in [0.1, 0.15) is 29.6 Å². The zero-order valence-electron chi connectivity index (χ0n) is 13.7. The summed E-state index contributed by atoms with van der Waals surface area (Å²) >= 11 is 0. The van der Waals surface area contributed by atoms with Gasteiger partial charge in [-0.05, 0) is 51.5 Å². The lowest BCUT2D eigenvalue weighted by atomic mass is 10.1. The first-order chi connectivity index (χ1) is 11.0. The molecule has 2 fully saturated rings. The van der Waals surface area contributed by atoms with Gasteiger partial charge in [-0.25, -0.2) is 4.98 Å². The van der Waals surface area contributed by atoms with Gasteiger partial charge in [-0.15, -0.1) is 0 Å². The predicted molar refractivity (Wildman–Crippen MR) is 91.7 cm³/mol. The van der Waals surface area contributed by atoms with Crippen LogP contribution in [-0.4, -0.2) is 61.1 Å². The molecule has 23 heavy (non-hydrogen) atoms. The summed E-state index contributed by atoms with van der Waals surface area (Å²) in [6.45, 7) is 3.79. The summed E-state index contributed by atoms with van der Waals surface area (Å²) in [6.07, 6.45) is 3.04. The smallest absolute Gasteiger partial charge is 0.252 e. The SMILES string of the molecule is CN1CCC(Nc2nc(N3CCC(N)C3)ccc2C(N)=O)CC1. The van der Waals surface area contributed by atoms with Crippen molar-refractivity contribution in [3.63, 3.8) is 0 Å². The van der Waals surface area contributed by atoms with E-state index in [0.717, 1.165) is 51.3 Å². The molecular formula is C16H26N6O. The van der Waals surface area contributed by atoms with E-state index in [1.54, 1.807) is 6.07 Å². The number of likely N-dealkylation sites (tertiary alicyclic amines) is 1. The molecule has 5 N–H and O–H groups in total. The number of nitrogens with zero attached hydrogens (tertiary/aromatic N) is 3. The first-order valence-corrected chi connectivity index (χ1v) is 8.29.